The summed E-state index contributed by atoms with van der Waals surface area (Å²) < 4.78 is 38.7. The molecule has 0 atom stereocenters. The molecule has 1 aromatic heterocycles. The van der Waals surface area contributed by atoms with Gasteiger partial charge in [-0.05, 0) is 19.1 Å². The van der Waals surface area contributed by atoms with Crippen molar-refractivity contribution in [1.29, 1.82) is 0 Å². The zero-order valence-electron chi connectivity index (χ0n) is 17.6. The first kappa shape index (κ1) is 23.1. The van der Waals surface area contributed by atoms with E-state index in [1.807, 2.05) is 23.0 Å². The van der Waals surface area contributed by atoms with E-state index in [4.69, 9.17) is 9.47 Å². The van der Waals surface area contributed by atoms with Crippen LogP contribution in [0.3, 0.4) is 0 Å². The first-order valence-electron chi connectivity index (χ1n) is 9.56. The molecule has 0 saturated carbocycles. The molecule has 1 aliphatic rings. The third kappa shape index (κ3) is 5.01. The molecule has 0 N–H and O–H groups in total. The minimum Gasteiger partial charge on any atom is -0.493 e. The molecule has 166 valence electrons. The first-order valence-corrected chi connectivity index (χ1v) is 13.6. The molecule has 1 fully saturated rings. The average molecular weight is 474 g/mol. The predicted octanol–water partition coefficient (Wildman–Crippen LogP) is 2.18. The molecule has 0 aliphatic carbocycles. The van der Waals surface area contributed by atoms with Gasteiger partial charge in [-0.25, -0.2) is 12.7 Å². The van der Waals surface area contributed by atoms with E-state index in [1.54, 1.807) is 26.0 Å². The third-order valence-corrected chi connectivity index (χ3v) is 8.12. The van der Waals surface area contributed by atoms with Crippen molar-refractivity contribution in [2.45, 2.75) is 19.4 Å². The smallest absolute Gasteiger partial charge is 0.251 e. The number of rotatable bonds is 7. The van der Waals surface area contributed by atoms with Gasteiger partial charge < -0.3 is 14.0 Å². The standard InChI is InChI=1S/C19H27N3O5S3/c1-26-15-11-14-17(12-16(15)27-2)29-19(22(14)9-10-28-3)20-18(23)13-5-7-21(8-6-13)30(4,24)25/h11-13H,5-10H2,1-4H3. The SMILES string of the molecule is COc1cc2sc(=NC(=O)C3CCN(S(C)(=O)=O)CC3)n(CCSC)c2cc1OC. The topological polar surface area (TPSA) is 90.2 Å². The van der Waals surface area contributed by atoms with E-state index < -0.39 is 10.0 Å². The van der Waals surface area contributed by atoms with E-state index in [-0.39, 0.29) is 11.8 Å². The molecule has 3 rings (SSSR count). The second-order valence-corrected chi connectivity index (χ2v) is 11.1. The van der Waals surface area contributed by atoms with Gasteiger partial charge in [0.1, 0.15) is 0 Å². The number of thiazole rings is 1. The van der Waals surface area contributed by atoms with Gasteiger partial charge in [-0.3, -0.25) is 4.79 Å². The third-order valence-electron chi connectivity index (χ3n) is 5.19. The number of nitrogens with zero attached hydrogens (tertiary/aromatic N) is 3. The van der Waals surface area contributed by atoms with Gasteiger partial charge in [0.25, 0.3) is 5.91 Å². The van der Waals surface area contributed by atoms with Crippen molar-refractivity contribution in [2.24, 2.45) is 10.9 Å². The molecule has 0 unspecified atom stereocenters. The second-order valence-electron chi connectivity index (χ2n) is 7.09. The van der Waals surface area contributed by atoms with Crippen LogP contribution in [0.25, 0.3) is 10.2 Å². The van der Waals surface area contributed by atoms with Gasteiger partial charge in [0.05, 0.1) is 30.7 Å². The monoisotopic (exact) mass is 473 g/mol. The number of methoxy groups -OCH3 is 2. The summed E-state index contributed by atoms with van der Waals surface area (Å²) in [5, 5.41) is 0. The number of fused-ring (bicyclic) bond motifs is 1. The lowest BCUT2D eigenvalue weighted by atomic mass is 9.98. The fourth-order valence-electron chi connectivity index (χ4n) is 3.50. The van der Waals surface area contributed by atoms with Crippen LogP contribution in [0.15, 0.2) is 17.1 Å². The summed E-state index contributed by atoms with van der Waals surface area (Å²) in [6.07, 6.45) is 4.23. The summed E-state index contributed by atoms with van der Waals surface area (Å²) in [5.74, 6) is 1.70. The normalized spacial score (nSPS) is 16.9. The molecule has 2 aromatic rings. The highest BCUT2D eigenvalue weighted by molar-refractivity contribution is 7.98. The number of thioether (sulfide) groups is 1. The Morgan fingerprint density at radius 1 is 1.23 bits per heavy atom. The van der Waals surface area contributed by atoms with E-state index in [1.165, 1.54) is 21.9 Å². The Kier molecular flexibility index (Phi) is 7.48. The van der Waals surface area contributed by atoms with Gasteiger partial charge in [-0.15, -0.1) is 0 Å². The maximum atomic E-state index is 12.9. The number of aromatic nitrogens is 1. The van der Waals surface area contributed by atoms with Gasteiger partial charge in [-0.1, -0.05) is 11.3 Å². The number of hydrogen-bond donors (Lipinski definition) is 0. The van der Waals surface area contributed by atoms with Crippen molar-refractivity contribution in [3.8, 4) is 11.5 Å². The van der Waals surface area contributed by atoms with E-state index in [2.05, 4.69) is 4.99 Å². The van der Waals surface area contributed by atoms with Crippen LogP contribution in [0.2, 0.25) is 0 Å². The first-order chi connectivity index (χ1) is 14.3. The Balaban J connectivity index is 1.95. The number of hydrogen-bond acceptors (Lipinski definition) is 7. The van der Waals surface area contributed by atoms with Gasteiger partial charge in [0, 0.05) is 43.4 Å². The van der Waals surface area contributed by atoms with Crippen molar-refractivity contribution < 1.29 is 22.7 Å². The molecule has 0 spiro atoms. The molecule has 0 radical (unpaired) electrons. The Morgan fingerprint density at radius 3 is 2.43 bits per heavy atom. The van der Waals surface area contributed by atoms with Crippen LogP contribution in [0, 0.1) is 5.92 Å². The zero-order valence-corrected chi connectivity index (χ0v) is 20.0. The largest absolute Gasteiger partial charge is 0.493 e. The molecule has 1 saturated heterocycles. The molecule has 8 nitrogen and oxygen atoms in total. The highest BCUT2D eigenvalue weighted by Gasteiger charge is 2.29. The minimum atomic E-state index is -3.22. The molecule has 1 amide bonds. The van der Waals surface area contributed by atoms with Crippen LogP contribution < -0.4 is 14.3 Å². The summed E-state index contributed by atoms with van der Waals surface area (Å²) in [6, 6.07) is 3.82. The molecule has 1 aromatic carbocycles. The van der Waals surface area contributed by atoms with Crippen LogP contribution >= 0.6 is 23.1 Å². The molecule has 2 heterocycles. The molecule has 0 bridgehead atoms. The fraction of sp³-hybridized carbons (Fsp3) is 0.579. The van der Waals surface area contributed by atoms with E-state index >= 15 is 0 Å². The van der Waals surface area contributed by atoms with E-state index in [0.717, 1.165) is 22.5 Å². The summed E-state index contributed by atoms with van der Waals surface area (Å²) in [7, 11) is -0.0270. The van der Waals surface area contributed by atoms with Gasteiger partial charge in [0.15, 0.2) is 16.3 Å². The molecule has 30 heavy (non-hydrogen) atoms. The number of carbonyl (C=O) groups is 1. The number of aryl methyl sites for hydroxylation is 1. The van der Waals surface area contributed by atoms with Crippen molar-refractivity contribution in [2.75, 3.05) is 45.6 Å². The van der Waals surface area contributed by atoms with Crippen LogP contribution in [-0.4, -0.2) is 68.8 Å². The Labute approximate surface area is 184 Å². The average Bonchev–Trinajstić information content (AvgIpc) is 3.06. The molecular weight excluding hydrogens is 446 g/mol. The number of sulfonamides is 1. The fourth-order valence-corrected chi connectivity index (χ4v) is 5.81. The quantitative estimate of drug-likeness (QED) is 0.612. The van der Waals surface area contributed by atoms with Crippen molar-refractivity contribution in [1.82, 2.24) is 8.87 Å². The predicted molar refractivity (Wildman–Crippen MR) is 121 cm³/mol. The van der Waals surface area contributed by atoms with Crippen molar-refractivity contribution in [3.05, 3.63) is 16.9 Å². The highest BCUT2D eigenvalue weighted by atomic mass is 32.2. The van der Waals surface area contributed by atoms with Gasteiger partial charge in [0.2, 0.25) is 10.0 Å². The molecular formula is C19H27N3O5S3. The number of amides is 1. The highest BCUT2D eigenvalue weighted by Crippen LogP contribution is 2.33. The number of piperidine rings is 1. The van der Waals surface area contributed by atoms with Gasteiger partial charge >= 0.3 is 0 Å². The van der Waals surface area contributed by atoms with E-state index in [0.29, 0.717) is 42.2 Å². The van der Waals surface area contributed by atoms with E-state index in [9.17, 15) is 13.2 Å². The maximum Gasteiger partial charge on any atom is 0.251 e. The Bertz CT molecular complexity index is 1080. The van der Waals surface area contributed by atoms with Gasteiger partial charge in [-0.2, -0.15) is 16.8 Å². The summed E-state index contributed by atoms with van der Waals surface area (Å²) in [5.41, 5.74) is 0.949. The Morgan fingerprint density at radius 2 is 1.87 bits per heavy atom. The van der Waals surface area contributed by atoms with Crippen LogP contribution in [0.5, 0.6) is 11.5 Å². The number of carbonyl (C=O) groups excluding carboxylic acids is 1. The lowest BCUT2D eigenvalue weighted by molar-refractivity contribution is -0.122. The Hall–Kier alpha value is -1.56. The summed E-state index contributed by atoms with van der Waals surface area (Å²) in [6.45, 7) is 1.44. The zero-order chi connectivity index (χ0) is 21.9. The lowest BCUT2D eigenvalue weighted by Crippen LogP contribution is -2.39. The summed E-state index contributed by atoms with van der Waals surface area (Å²) in [4.78, 5) is 18.0. The molecule has 11 heteroatoms. The van der Waals surface area contributed by atoms with Crippen LogP contribution in [0.4, 0.5) is 0 Å². The lowest BCUT2D eigenvalue weighted by Gasteiger charge is -2.28. The van der Waals surface area contributed by atoms with Crippen LogP contribution in [-0.2, 0) is 21.4 Å². The van der Waals surface area contributed by atoms with Crippen molar-refractivity contribution in [3.63, 3.8) is 0 Å². The summed E-state index contributed by atoms with van der Waals surface area (Å²) >= 11 is 3.17. The van der Waals surface area contributed by atoms with Crippen molar-refractivity contribution >= 4 is 49.2 Å². The van der Waals surface area contributed by atoms with Crippen LogP contribution in [0.1, 0.15) is 12.8 Å². The second kappa shape index (κ2) is 9.71. The minimum absolute atomic E-state index is 0.188. The maximum absolute atomic E-state index is 12.9. The number of ether oxygens (including phenoxy) is 2. The molecule has 1 aliphatic heterocycles. The number of benzene rings is 1.